The number of rotatable bonds is 16. The van der Waals surface area contributed by atoms with Crippen LogP contribution >= 0.6 is 0 Å². The molecule has 0 bridgehead atoms. The number of likely N-dealkylation sites (tertiary alicyclic amines) is 2. The second kappa shape index (κ2) is 16.2. The number of carboxylic acids is 1. The van der Waals surface area contributed by atoms with Crippen LogP contribution in [0, 0.1) is 6.92 Å². The van der Waals surface area contributed by atoms with E-state index in [0.717, 1.165) is 50.1 Å². The van der Waals surface area contributed by atoms with Gasteiger partial charge in [-0.3, -0.25) is 28.9 Å². The van der Waals surface area contributed by atoms with Gasteiger partial charge in [0.15, 0.2) is 5.78 Å². The van der Waals surface area contributed by atoms with Crippen LogP contribution in [-0.2, 0) is 27.3 Å². The second-order valence-electron chi connectivity index (χ2n) is 11.8. The number of amides is 3. The first-order chi connectivity index (χ1) is 21.7. The molecule has 244 valence electrons. The molecule has 2 aliphatic heterocycles. The Morgan fingerprint density at radius 1 is 1.02 bits per heavy atom. The highest BCUT2D eigenvalue weighted by Crippen LogP contribution is 2.21. The van der Waals surface area contributed by atoms with Gasteiger partial charge in [-0.05, 0) is 75.9 Å². The van der Waals surface area contributed by atoms with Crippen LogP contribution in [0.15, 0.2) is 30.3 Å². The number of hydrogen-bond donors (Lipinski definition) is 3. The Labute approximate surface area is 264 Å². The van der Waals surface area contributed by atoms with Crippen LogP contribution in [0.4, 0.5) is 0 Å². The Morgan fingerprint density at radius 3 is 2.49 bits per heavy atom. The molecule has 1 aromatic heterocycles. The van der Waals surface area contributed by atoms with Crippen molar-refractivity contribution in [1.82, 2.24) is 25.0 Å². The van der Waals surface area contributed by atoms with Crippen LogP contribution in [0.25, 0.3) is 0 Å². The van der Waals surface area contributed by atoms with Crippen molar-refractivity contribution in [2.75, 3.05) is 46.4 Å². The van der Waals surface area contributed by atoms with Crippen molar-refractivity contribution in [3.63, 3.8) is 0 Å². The lowest BCUT2D eigenvalue weighted by Crippen LogP contribution is -2.48. The first-order valence-electron chi connectivity index (χ1n) is 15.8. The molecule has 3 heterocycles. The number of methoxy groups -OCH3 is 1. The van der Waals surface area contributed by atoms with Gasteiger partial charge in [-0.15, -0.1) is 0 Å². The zero-order chi connectivity index (χ0) is 32.3. The van der Waals surface area contributed by atoms with E-state index in [1.54, 1.807) is 25.0 Å². The lowest BCUT2D eigenvalue weighted by atomic mass is 10.1. The van der Waals surface area contributed by atoms with Crippen molar-refractivity contribution in [2.45, 2.75) is 70.9 Å². The summed E-state index contributed by atoms with van der Waals surface area (Å²) in [6.45, 7) is 5.58. The molecule has 1 atom stereocenters. The minimum Gasteiger partial charge on any atom is -0.497 e. The molecule has 12 nitrogen and oxygen atoms in total. The van der Waals surface area contributed by atoms with Crippen LogP contribution in [0.3, 0.4) is 0 Å². The summed E-state index contributed by atoms with van der Waals surface area (Å²) in [6, 6.07) is 7.92. The van der Waals surface area contributed by atoms with Gasteiger partial charge in [-0.2, -0.15) is 0 Å². The third-order valence-corrected chi connectivity index (χ3v) is 8.55. The van der Waals surface area contributed by atoms with E-state index in [1.807, 2.05) is 28.8 Å². The zero-order valence-corrected chi connectivity index (χ0v) is 26.3. The summed E-state index contributed by atoms with van der Waals surface area (Å²) < 4.78 is 7.19. The number of nitrogens with one attached hydrogen (secondary N) is 2. The quantitative estimate of drug-likeness (QED) is 0.191. The highest BCUT2D eigenvalue weighted by atomic mass is 16.5. The van der Waals surface area contributed by atoms with E-state index in [1.165, 1.54) is 0 Å². The van der Waals surface area contributed by atoms with Gasteiger partial charge in [0.25, 0.3) is 5.91 Å². The summed E-state index contributed by atoms with van der Waals surface area (Å²) in [5, 5.41) is 14.8. The Hall–Kier alpha value is -4.19. The predicted octanol–water partition coefficient (Wildman–Crippen LogP) is 2.42. The molecule has 12 heteroatoms. The number of Topliss-reactive ketones (excluding diaryl/α,β-unsaturated/α-hetero) is 1. The van der Waals surface area contributed by atoms with E-state index in [-0.39, 0.29) is 30.3 Å². The molecule has 0 spiro atoms. The van der Waals surface area contributed by atoms with Crippen molar-refractivity contribution in [2.24, 2.45) is 0 Å². The molecule has 2 saturated heterocycles. The molecule has 4 rings (SSSR count). The number of nitrogens with zero attached hydrogens (tertiary/aromatic N) is 3. The third kappa shape index (κ3) is 9.40. The number of ketones is 1. The summed E-state index contributed by atoms with van der Waals surface area (Å²) in [7, 11) is 1.60. The normalized spacial score (nSPS) is 16.0. The van der Waals surface area contributed by atoms with Gasteiger partial charge < -0.3 is 29.9 Å². The summed E-state index contributed by atoms with van der Waals surface area (Å²) >= 11 is 0. The van der Waals surface area contributed by atoms with Gasteiger partial charge in [0.2, 0.25) is 11.8 Å². The van der Waals surface area contributed by atoms with E-state index in [0.29, 0.717) is 50.3 Å². The number of hydrogen-bond acceptors (Lipinski definition) is 7. The number of ether oxygens (including phenoxy) is 1. The van der Waals surface area contributed by atoms with Crippen molar-refractivity contribution in [3.8, 4) is 5.75 Å². The molecule has 2 aliphatic rings. The molecule has 2 aromatic rings. The van der Waals surface area contributed by atoms with Crippen LogP contribution in [-0.4, -0.2) is 101 Å². The second-order valence-corrected chi connectivity index (χ2v) is 11.8. The molecule has 3 N–H and O–H groups in total. The van der Waals surface area contributed by atoms with E-state index >= 15 is 0 Å². The fraction of sp³-hybridized carbons (Fsp3) is 0.545. The van der Waals surface area contributed by atoms with E-state index in [2.05, 4.69) is 15.5 Å². The number of benzene rings is 1. The van der Waals surface area contributed by atoms with Gasteiger partial charge >= 0.3 is 5.97 Å². The maximum Gasteiger partial charge on any atom is 0.305 e. The number of aromatic nitrogens is 1. The SMILES string of the molecule is COc1cccc(CCn2c(C(=O)CN3CCCCC3)cc(C(=O)NC(CC(=O)O)C(=O)NCCCN3CCCC3=O)c2C)c1. The van der Waals surface area contributed by atoms with Gasteiger partial charge in [0.1, 0.15) is 11.8 Å². The van der Waals surface area contributed by atoms with E-state index in [9.17, 15) is 29.1 Å². The number of carbonyl (C=O) groups excluding carboxylic acids is 4. The van der Waals surface area contributed by atoms with Crippen molar-refractivity contribution in [1.29, 1.82) is 0 Å². The van der Waals surface area contributed by atoms with E-state index in [4.69, 9.17) is 4.74 Å². The molecule has 0 saturated carbocycles. The summed E-state index contributed by atoms with van der Waals surface area (Å²) in [5.41, 5.74) is 2.19. The standard InChI is InChI=1S/C33H45N5O7/c1-23-26(32(43)35-27(21-31(41)42)33(44)34-13-8-17-37-16-7-11-30(37)40)20-28(29(39)22-36-14-4-3-5-15-36)38(23)18-12-24-9-6-10-25(19-24)45-2/h6,9-10,19-20,27H,3-5,7-8,11-18,21-22H2,1-2H3,(H,34,44)(H,35,43)(H,41,42). The maximum absolute atomic E-state index is 13.6. The minimum atomic E-state index is -1.31. The molecule has 1 aromatic carbocycles. The maximum atomic E-state index is 13.6. The first-order valence-corrected chi connectivity index (χ1v) is 15.8. The van der Waals surface area contributed by atoms with Crippen molar-refractivity contribution >= 4 is 29.5 Å². The highest BCUT2D eigenvalue weighted by molar-refractivity contribution is 6.03. The number of piperidine rings is 1. The molecule has 2 fully saturated rings. The summed E-state index contributed by atoms with van der Waals surface area (Å²) in [4.78, 5) is 67.4. The molecular weight excluding hydrogens is 578 g/mol. The van der Waals surface area contributed by atoms with Crippen LogP contribution in [0.5, 0.6) is 5.75 Å². The molecule has 3 amide bonds. The Bertz CT molecular complexity index is 1380. The largest absolute Gasteiger partial charge is 0.497 e. The Kier molecular flexibility index (Phi) is 12.1. The van der Waals surface area contributed by atoms with Crippen molar-refractivity contribution < 1.29 is 33.8 Å². The number of carboxylic acid groups (broad SMARTS) is 1. The number of carbonyl (C=O) groups is 5. The van der Waals surface area contributed by atoms with Crippen LogP contribution < -0.4 is 15.4 Å². The van der Waals surface area contributed by atoms with E-state index < -0.39 is 30.2 Å². The molecule has 0 aliphatic carbocycles. The van der Waals surface area contributed by atoms with Gasteiger partial charge in [-0.1, -0.05) is 18.6 Å². The van der Waals surface area contributed by atoms with Crippen molar-refractivity contribution in [3.05, 3.63) is 52.8 Å². The summed E-state index contributed by atoms with van der Waals surface area (Å²) in [6.07, 6.45) is 5.10. The number of aryl methyl sites for hydroxylation is 1. The topological polar surface area (TPSA) is 150 Å². The van der Waals surface area contributed by atoms with Gasteiger partial charge in [0, 0.05) is 38.3 Å². The molecule has 0 radical (unpaired) electrons. The Morgan fingerprint density at radius 2 is 1.80 bits per heavy atom. The molecule has 1 unspecified atom stereocenters. The third-order valence-electron chi connectivity index (χ3n) is 8.55. The zero-order valence-electron chi connectivity index (χ0n) is 26.3. The fourth-order valence-corrected chi connectivity index (χ4v) is 6.03. The van der Waals surface area contributed by atoms with Crippen LogP contribution in [0.2, 0.25) is 0 Å². The first kappa shape index (κ1) is 33.7. The Balaban J connectivity index is 1.48. The predicted molar refractivity (Wildman–Crippen MR) is 167 cm³/mol. The van der Waals surface area contributed by atoms with Crippen LogP contribution in [0.1, 0.15) is 77.0 Å². The lowest BCUT2D eigenvalue weighted by molar-refractivity contribution is -0.139. The van der Waals surface area contributed by atoms with Gasteiger partial charge in [-0.25, -0.2) is 0 Å². The highest BCUT2D eigenvalue weighted by Gasteiger charge is 2.28. The number of aliphatic carboxylic acids is 1. The lowest BCUT2D eigenvalue weighted by Gasteiger charge is -2.25. The average Bonchev–Trinajstić information content (AvgIpc) is 3.59. The average molecular weight is 624 g/mol. The fourth-order valence-electron chi connectivity index (χ4n) is 6.03. The minimum absolute atomic E-state index is 0.0944. The van der Waals surface area contributed by atoms with Gasteiger partial charge in [0.05, 0.1) is 31.3 Å². The molecule has 45 heavy (non-hydrogen) atoms. The smallest absolute Gasteiger partial charge is 0.305 e. The summed E-state index contributed by atoms with van der Waals surface area (Å²) in [5.74, 6) is -1.75. The monoisotopic (exact) mass is 623 g/mol. The molecular formula is C33H45N5O7.